The Labute approximate surface area is 146 Å². The van der Waals surface area contributed by atoms with Crippen LogP contribution in [0.25, 0.3) is 0 Å². The highest BCUT2D eigenvalue weighted by molar-refractivity contribution is 6.10. The second-order valence-corrected chi connectivity index (χ2v) is 6.14. The van der Waals surface area contributed by atoms with E-state index in [-0.39, 0.29) is 37.1 Å². The molecular weight excluding hydrogens is 320 g/mol. The maximum atomic E-state index is 12.5. The van der Waals surface area contributed by atoms with Crippen molar-refractivity contribution < 1.29 is 14.4 Å². The molecule has 0 saturated heterocycles. The molecule has 25 heavy (non-hydrogen) atoms. The fraction of sp³-hybridized carbons (Fsp3) is 0.389. The second kappa shape index (κ2) is 7.94. The van der Waals surface area contributed by atoms with Gasteiger partial charge in [-0.05, 0) is 25.1 Å². The lowest BCUT2D eigenvalue weighted by Crippen LogP contribution is -2.42. The lowest BCUT2D eigenvalue weighted by molar-refractivity contribution is -0.125. The molecule has 0 unspecified atom stereocenters. The van der Waals surface area contributed by atoms with Crippen LogP contribution in [0.1, 0.15) is 19.3 Å². The van der Waals surface area contributed by atoms with Gasteiger partial charge in [0.2, 0.25) is 17.7 Å². The van der Waals surface area contributed by atoms with E-state index >= 15 is 0 Å². The number of amides is 3. The molecule has 0 bridgehead atoms. The third-order valence-electron chi connectivity index (χ3n) is 4.31. The summed E-state index contributed by atoms with van der Waals surface area (Å²) in [6.07, 6.45) is 3.20. The molecule has 0 aromatic heterocycles. The van der Waals surface area contributed by atoms with Gasteiger partial charge in [-0.1, -0.05) is 23.8 Å². The molecule has 0 spiro atoms. The van der Waals surface area contributed by atoms with Gasteiger partial charge in [0.25, 0.3) is 0 Å². The van der Waals surface area contributed by atoms with Crippen LogP contribution >= 0.6 is 0 Å². The molecule has 3 amide bonds. The summed E-state index contributed by atoms with van der Waals surface area (Å²) in [7, 11) is 0. The van der Waals surface area contributed by atoms with Gasteiger partial charge in [0.1, 0.15) is 6.54 Å². The standard InChI is InChI=1S/C18H22N4O3/c23-16(20-11-13-7-9-19-10-8-13)5-6-18(25)22-12-17(24)21-14-3-1-2-4-15(14)22/h1-4,7,19H,5-6,8-12H2,(H,20,23)(H,21,24). The van der Waals surface area contributed by atoms with Crippen molar-refractivity contribution in [3.63, 3.8) is 0 Å². The topological polar surface area (TPSA) is 90.5 Å². The number of fused-ring (bicyclic) bond motifs is 1. The molecular formula is C18H22N4O3. The smallest absolute Gasteiger partial charge is 0.244 e. The van der Waals surface area contributed by atoms with Crippen LogP contribution in [0.2, 0.25) is 0 Å². The molecule has 1 aromatic carbocycles. The van der Waals surface area contributed by atoms with E-state index in [1.807, 2.05) is 6.07 Å². The van der Waals surface area contributed by atoms with Crippen LogP contribution in [0.15, 0.2) is 35.9 Å². The van der Waals surface area contributed by atoms with Gasteiger partial charge in [0.15, 0.2) is 0 Å². The van der Waals surface area contributed by atoms with Crippen molar-refractivity contribution in [3.8, 4) is 0 Å². The average Bonchev–Trinajstić information content (AvgIpc) is 2.64. The van der Waals surface area contributed by atoms with Crippen molar-refractivity contribution >= 4 is 29.1 Å². The third-order valence-corrected chi connectivity index (χ3v) is 4.31. The summed E-state index contributed by atoms with van der Waals surface area (Å²) >= 11 is 0. The van der Waals surface area contributed by atoms with E-state index in [4.69, 9.17) is 0 Å². The number of benzene rings is 1. The molecule has 132 valence electrons. The third kappa shape index (κ3) is 4.45. The predicted molar refractivity (Wildman–Crippen MR) is 95.2 cm³/mol. The summed E-state index contributed by atoms with van der Waals surface area (Å²) in [5, 5.41) is 8.81. The average molecular weight is 342 g/mol. The highest BCUT2D eigenvalue weighted by Gasteiger charge is 2.26. The number of rotatable bonds is 5. The van der Waals surface area contributed by atoms with Gasteiger partial charge in [-0.3, -0.25) is 14.4 Å². The van der Waals surface area contributed by atoms with Crippen LogP contribution in [-0.2, 0) is 14.4 Å². The fourth-order valence-electron chi connectivity index (χ4n) is 2.94. The molecule has 2 aliphatic heterocycles. The lowest BCUT2D eigenvalue weighted by atomic mass is 10.1. The molecule has 3 N–H and O–H groups in total. The minimum atomic E-state index is -0.227. The molecule has 1 aromatic rings. The molecule has 0 aliphatic carbocycles. The number of nitrogens with zero attached hydrogens (tertiary/aromatic N) is 1. The first kappa shape index (κ1) is 17.2. The Morgan fingerprint density at radius 1 is 1.20 bits per heavy atom. The van der Waals surface area contributed by atoms with Gasteiger partial charge < -0.3 is 20.9 Å². The monoisotopic (exact) mass is 342 g/mol. The van der Waals surface area contributed by atoms with Gasteiger partial charge >= 0.3 is 0 Å². The zero-order valence-electron chi connectivity index (χ0n) is 14.0. The summed E-state index contributed by atoms with van der Waals surface area (Å²) in [5.41, 5.74) is 2.50. The van der Waals surface area contributed by atoms with Crippen LogP contribution in [0.5, 0.6) is 0 Å². The molecule has 3 rings (SSSR count). The number of nitrogens with one attached hydrogen (secondary N) is 3. The molecule has 2 heterocycles. The first-order valence-corrected chi connectivity index (χ1v) is 8.48. The number of carbonyl (C=O) groups is 3. The molecule has 0 atom stereocenters. The maximum absolute atomic E-state index is 12.5. The van der Waals surface area contributed by atoms with Crippen molar-refractivity contribution in [1.82, 2.24) is 10.6 Å². The van der Waals surface area contributed by atoms with E-state index in [0.717, 1.165) is 19.5 Å². The SMILES string of the molecule is O=C(CCC(=O)N1CC(=O)Nc2ccccc21)NCC1=CCNCC1. The molecule has 7 heteroatoms. The highest BCUT2D eigenvalue weighted by Crippen LogP contribution is 2.29. The highest BCUT2D eigenvalue weighted by atomic mass is 16.2. The first-order chi connectivity index (χ1) is 12.1. The Morgan fingerprint density at radius 3 is 2.84 bits per heavy atom. The van der Waals surface area contributed by atoms with Gasteiger partial charge in [0.05, 0.1) is 11.4 Å². The molecule has 2 aliphatic rings. The molecule has 7 nitrogen and oxygen atoms in total. The Balaban J connectivity index is 1.51. The quantitative estimate of drug-likeness (QED) is 0.690. The fourth-order valence-corrected chi connectivity index (χ4v) is 2.94. The number of para-hydroxylation sites is 2. The first-order valence-electron chi connectivity index (χ1n) is 8.48. The minimum Gasteiger partial charge on any atom is -0.352 e. The van der Waals surface area contributed by atoms with Crippen LogP contribution in [0.4, 0.5) is 11.4 Å². The van der Waals surface area contributed by atoms with Gasteiger partial charge in [-0.15, -0.1) is 0 Å². The van der Waals surface area contributed by atoms with Crippen LogP contribution in [0, 0.1) is 0 Å². The lowest BCUT2D eigenvalue weighted by Gasteiger charge is -2.29. The Kier molecular flexibility index (Phi) is 5.45. The van der Waals surface area contributed by atoms with Crippen LogP contribution in [0.3, 0.4) is 0 Å². The van der Waals surface area contributed by atoms with Gasteiger partial charge in [0, 0.05) is 25.9 Å². The van der Waals surface area contributed by atoms with E-state index < -0.39 is 0 Å². The van der Waals surface area contributed by atoms with Crippen LogP contribution < -0.4 is 20.9 Å². The Bertz CT molecular complexity index is 714. The second-order valence-electron chi connectivity index (χ2n) is 6.14. The van der Waals surface area contributed by atoms with Crippen molar-refractivity contribution in [3.05, 3.63) is 35.9 Å². The maximum Gasteiger partial charge on any atom is 0.244 e. The van der Waals surface area contributed by atoms with Gasteiger partial charge in [-0.25, -0.2) is 0 Å². The predicted octanol–water partition coefficient (Wildman–Crippen LogP) is 0.788. The summed E-state index contributed by atoms with van der Waals surface area (Å²) in [6, 6.07) is 7.16. The number of hydrogen-bond donors (Lipinski definition) is 3. The van der Waals surface area contributed by atoms with Crippen molar-refractivity contribution in [2.75, 3.05) is 36.4 Å². The minimum absolute atomic E-state index is 0.0165. The normalized spacial score (nSPS) is 16.6. The summed E-state index contributed by atoms with van der Waals surface area (Å²) in [6.45, 7) is 2.28. The molecule has 0 saturated carbocycles. The van der Waals surface area contributed by atoms with Crippen molar-refractivity contribution in [1.29, 1.82) is 0 Å². The number of carbonyl (C=O) groups excluding carboxylic acids is 3. The number of anilines is 2. The Morgan fingerprint density at radius 2 is 2.04 bits per heavy atom. The largest absolute Gasteiger partial charge is 0.352 e. The summed E-state index contributed by atoms with van der Waals surface area (Å²) in [4.78, 5) is 37.6. The van der Waals surface area contributed by atoms with Crippen molar-refractivity contribution in [2.45, 2.75) is 19.3 Å². The van der Waals surface area contributed by atoms with E-state index in [1.54, 1.807) is 18.2 Å². The van der Waals surface area contributed by atoms with Gasteiger partial charge in [-0.2, -0.15) is 0 Å². The zero-order valence-corrected chi connectivity index (χ0v) is 14.0. The van der Waals surface area contributed by atoms with Crippen molar-refractivity contribution in [2.24, 2.45) is 0 Å². The number of hydrogen-bond acceptors (Lipinski definition) is 4. The van der Waals surface area contributed by atoms with E-state index in [9.17, 15) is 14.4 Å². The molecule has 0 fully saturated rings. The summed E-state index contributed by atoms with van der Waals surface area (Å²) < 4.78 is 0. The van der Waals surface area contributed by atoms with E-state index in [1.165, 1.54) is 10.5 Å². The molecule has 0 radical (unpaired) electrons. The van der Waals surface area contributed by atoms with Crippen LogP contribution in [-0.4, -0.2) is 43.9 Å². The zero-order chi connectivity index (χ0) is 17.6. The Hall–Kier alpha value is -2.67. The van der Waals surface area contributed by atoms with E-state index in [2.05, 4.69) is 22.0 Å². The summed E-state index contributed by atoms with van der Waals surface area (Å²) in [5.74, 6) is -0.601. The van der Waals surface area contributed by atoms with E-state index in [0.29, 0.717) is 17.9 Å².